The topological polar surface area (TPSA) is 9.23 Å². The van der Waals surface area contributed by atoms with Crippen LogP contribution in [0.5, 0.6) is 0 Å². The Kier molecular flexibility index (Phi) is 11.7. The predicted octanol–water partition coefficient (Wildman–Crippen LogP) is 10.2. The second-order valence-electron chi connectivity index (χ2n) is 12.1. The fourth-order valence-corrected chi connectivity index (χ4v) is 11.9. The number of ether oxygens (including phenoxy) is 1. The van der Waals surface area contributed by atoms with Crippen LogP contribution >= 0.6 is 0 Å². The lowest BCUT2D eigenvalue weighted by atomic mass is 9.80. The molecule has 0 amide bonds. The quantitative estimate of drug-likeness (QED) is 0.116. The molecular weight excluding hydrogens is 475 g/mol. The van der Waals surface area contributed by atoms with Gasteiger partial charge in [0, 0.05) is 0 Å². The van der Waals surface area contributed by atoms with E-state index in [1.807, 2.05) is 0 Å². The Labute approximate surface area is 235 Å². The first-order chi connectivity index (χ1) is 18.3. The van der Waals surface area contributed by atoms with Gasteiger partial charge >= 0.3 is 0 Å². The van der Waals surface area contributed by atoms with Gasteiger partial charge in [0.05, 0.1) is 6.10 Å². The van der Waals surface area contributed by atoms with Gasteiger partial charge in [0.15, 0.2) is 13.1 Å². The first-order valence-corrected chi connectivity index (χ1v) is 18.2. The molecule has 0 heterocycles. The molecule has 0 aliphatic heterocycles. The second kappa shape index (κ2) is 14.7. The maximum Gasteiger partial charge on any atom is 0.156 e. The Morgan fingerprint density at radius 2 is 1.11 bits per heavy atom. The number of benzene rings is 3. The van der Waals surface area contributed by atoms with Crippen molar-refractivity contribution >= 4 is 13.1 Å². The van der Waals surface area contributed by atoms with E-state index in [-0.39, 0.29) is 6.10 Å². The summed E-state index contributed by atoms with van der Waals surface area (Å²) in [6.45, 7) is 11.7. The lowest BCUT2D eigenvalue weighted by Crippen LogP contribution is -2.37. The van der Waals surface area contributed by atoms with Gasteiger partial charge in [0.1, 0.15) is 5.60 Å². The summed E-state index contributed by atoms with van der Waals surface area (Å²) in [6.07, 6.45) is 8.84. The number of allylic oxidation sites excluding steroid dienone is 1. The minimum atomic E-state index is -1.93. The van der Waals surface area contributed by atoms with E-state index in [1.165, 1.54) is 10.6 Å². The smallest absolute Gasteiger partial charge is 0.156 e. The summed E-state index contributed by atoms with van der Waals surface area (Å²) in [7, 11) is 0. The molecule has 3 rings (SSSR count). The van der Waals surface area contributed by atoms with Crippen molar-refractivity contribution in [2.75, 3.05) is 0 Å². The Balaban J connectivity index is 2.17. The van der Waals surface area contributed by atoms with Crippen LogP contribution in [-0.2, 0) is 10.3 Å². The third-order valence-electron chi connectivity index (χ3n) is 7.45. The van der Waals surface area contributed by atoms with Crippen LogP contribution in [0.25, 0.3) is 0 Å². The van der Waals surface area contributed by atoms with Crippen LogP contribution < -0.4 is 0 Å². The van der Waals surface area contributed by atoms with Crippen LogP contribution in [0.2, 0.25) is 16.4 Å². The van der Waals surface area contributed by atoms with Crippen molar-refractivity contribution in [3.8, 4) is 0 Å². The Bertz CT molecular complexity index is 1010. The molecule has 0 fully saturated rings. The van der Waals surface area contributed by atoms with Gasteiger partial charge in [-0.2, -0.15) is 16.4 Å². The molecule has 0 aliphatic carbocycles. The molecule has 0 aromatic heterocycles. The van der Waals surface area contributed by atoms with Crippen molar-refractivity contribution in [2.24, 2.45) is 11.8 Å². The number of hydrogen-bond acceptors (Lipinski definition) is 1. The average molecular weight is 524 g/mol. The number of rotatable bonds is 14. The van der Waals surface area contributed by atoms with Gasteiger partial charge in [-0.15, -0.1) is 6.08 Å². The van der Waals surface area contributed by atoms with Gasteiger partial charge in [-0.3, -0.25) is 4.94 Å². The molecular formula is C36H48AlO-. The van der Waals surface area contributed by atoms with Crippen molar-refractivity contribution in [3.05, 3.63) is 131 Å². The summed E-state index contributed by atoms with van der Waals surface area (Å²) in [6, 6.07) is 32.2. The zero-order chi connectivity index (χ0) is 27.4. The molecule has 2 heteroatoms. The largest absolute Gasteiger partial charge is 0.353 e. The molecule has 1 atom stereocenters. The molecule has 1 nitrogen and oxygen atoms in total. The maximum atomic E-state index is 7.44. The van der Waals surface area contributed by atoms with Gasteiger partial charge in [-0.25, -0.2) is 0 Å². The molecule has 0 spiro atoms. The van der Waals surface area contributed by atoms with E-state index in [4.69, 9.17) is 4.74 Å². The van der Waals surface area contributed by atoms with Crippen LogP contribution in [0.1, 0.15) is 64.2 Å². The Hall–Kier alpha value is -2.37. The maximum absolute atomic E-state index is 7.44. The Morgan fingerprint density at radius 1 is 0.684 bits per heavy atom. The third kappa shape index (κ3) is 8.31. The molecule has 0 bridgehead atoms. The van der Waals surface area contributed by atoms with Gasteiger partial charge in [-0.1, -0.05) is 150 Å². The first-order valence-electron chi connectivity index (χ1n) is 14.7. The summed E-state index contributed by atoms with van der Waals surface area (Å²) in [4.78, 5) is 2.63. The van der Waals surface area contributed by atoms with Crippen molar-refractivity contribution in [3.63, 3.8) is 0 Å². The highest BCUT2D eigenvalue weighted by Gasteiger charge is 2.39. The van der Waals surface area contributed by atoms with E-state index in [1.54, 1.807) is 0 Å². The van der Waals surface area contributed by atoms with Crippen LogP contribution in [0.4, 0.5) is 0 Å². The van der Waals surface area contributed by atoms with Crippen LogP contribution in [0.15, 0.2) is 114 Å². The third-order valence-corrected chi connectivity index (χ3v) is 12.6. The van der Waals surface area contributed by atoms with E-state index >= 15 is 0 Å². The second-order valence-corrected chi connectivity index (χ2v) is 17.3. The minimum absolute atomic E-state index is 0.0444. The first kappa shape index (κ1) is 30.2. The summed E-state index contributed by atoms with van der Waals surface area (Å²) in [5.41, 5.74) is 2.75. The highest BCUT2D eigenvalue weighted by atomic mass is 27.2. The van der Waals surface area contributed by atoms with Gasteiger partial charge in [0.2, 0.25) is 0 Å². The molecule has 0 aliphatic rings. The monoisotopic (exact) mass is 523 g/mol. The van der Waals surface area contributed by atoms with E-state index in [0.29, 0.717) is 11.8 Å². The van der Waals surface area contributed by atoms with E-state index in [0.717, 1.165) is 29.5 Å². The molecule has 3 aromatic carbocycles. The van der Waals surface area contributed by atoms with Crippen LogP contribution in [0.3, 0.4) is 0 Å². The summed E-state index contributed by atoms with van der Waals surface area (Å²) in [5.74, 6) is 4.01. The summed E-state index contributed by atoms with van der Waals surface area (Å²) >= 11 is -1.93. The van der Waals surface area contributed by atoms with Gasteiger partial charge < -0.3 is 4.74 Å². The fourth-order valence-electron chi connectivity index (χ4n) is 6.31. The fraction of sp³-hybridized carbons (Fsp3) is 0.389. The Morgan fingerprint density at radius 3 is 1.47 bits per heavy atom. The molecule has 1 unspecified atom stereocenters. The molecule has 38 heavy (non-hydrogen) atoms. The average Bonchev–Trinajstić information content (AvgIpc) is 2.91. The minimum Gasteiger partial charge on any atom is -0.353 e. The van der Waals surface area contributed by atoms with E-state index in [2.05, 4.69) is 155 Å². The van der Waals surface area contributed by atoms with Crippen molar-refractivity contribution in [2.45, 2.75) is 75.5 Å². The summed E-state index contributed by atoms with van der Waals surface area (Å²) in [5, 5.41) is 2.67. The van der Waals surface area contributed by atoms with Gasteiger partial charge in [-0.05, 0) is 29.5 Å². The van der Waals surface area contributed by atoms with Crippen molar-refractivity contribution in [1.82, 2.24) is 0 Å². The van der Waals surface area contributed by atoms with Crippen LogP contribution in [-0.4, -0.2) is 19.2 Å². The predicted molar refractivity (Wildman–Crippen MR) is 168 cm³/mol. The normalized spacial score (nSPS) is 13.7. The molecule has 3 aromatic rings. The summed E-state index contributed by atoms with van der Waals surface area (Å²) < 4.78 is 7.44. The molecule has 0 saturated carbocycles. The SMILES string of the molecule is CC/C=C\CC(/C=[CH]/[Al-]([CH3])([CH2]C(C)C)[CH2]C(C)C)OC(c1ccccc1)(c1ccccc1)c1ccccc1. The lowest BCUT2D eigenvalue weighted by Gasteiger charge is -2.39. The van der Waals surface area contributed by atoms with Crippen LogP contribution in [0, 0.1) is 11.8 Å². The standard InChI is InChI=1S/C27H27O.2C4H9.CH3.Al/c1-3-5-9-22-26(4-2)28-27(23-16-10-6-11-17-23,24-18-12-7-13-19-24)25-20-14-8-15-21-25;2*1-4(2)3;;/h2,4-21,26H,3,22H2,1H3;2*4H,1H2,2-3H3;1H3;/q;;;;-1/b4-2?,9-5-;;;;. The highest BCUT2D eigenvalue weighted by Crippen LogP contribution is 2.42. The zero-order valence-corrected chi connectivity index (χ0v) is 25.7. The molecule has 202 valence electrons. The van der Waals surface area contributed by atoms with Crippen molar-refractivity contribution < 1.29 is 4.74 Å². The zero-order valence-electron chi connectivity index (χ0n) is 24.5. The molecule has 0 radical (unpaired) electrons. The van der Waals surface area contributed by atoms with E-state index in [9.17, 15) is 0 Å². The van der Waals surface area contributed by atoms with E-state index < -0.39 is 18.7 Å². The van der Waals surface area contributed by atoms with Crippen molar-refractivity contribution in [1.29, 1.82) is 0 Å². The lowest BCUT2D eigenvalue weighted by molar-refractivity contribution is -0.0228. The van der Waals surface area contributed by atoms with Gasteiger partial charge in [0.25, 0.3) is 0 Å². The number of hydrogen-bond donors (Lipinski definition) is 0. The highest BCUT2D eigenvalue weighted by molar-refractivity contribution is 6.83. The molecule has 0 N–H and O–H groups in total. The molecule has 0 saturated heterocycles.